The average Bonchev–Trinajstić information content (AvgIpc) is 2.41. The van der Waals surface area contributed by atoms with Gasteiger partial charge in [0.2, 0.25) is 0 Å². The zero-order chi connectivity index (χ0) is 13.8. The first-order valence-corrected chi connectivity index (χ1v) is 6.27. The van der Waals surface area contributed by atoms with Gasteiger partial charge in [0, 0.05) is 0 Å². The minimum atomic E-state index is -0.473. The molecule has 1 N–H and O–H groups in total. The summed E-state index contributed by atoms with van der Waals surface area (Å²) < 4.78 is 19.2. The second-order valence-corrected chi connectivity index (χ2v) is 4.75. The van der Waals surface area contributed by atoms with Gasteiger partial charge in [-0.15, -0.1) is 0 Å². The molecule has 0 aliphatic rings. The SMILES string of the molecule is CC(C)c1ccc(Oc2ccc(CO)cc2F)cc1. The van der Waals surface area contributed by atoms with Gasteiger partial charge in [-0.1, -0.05) is 32.0 Å². The first kappa shape index (κ1) is 13.6. The van der Waals surface area contributed by atoms with Crippen molar-refractivity contribution < 1.29 is 14.2 Å². The number of aliphatic hydroxyl groups is 1. The predicted octanol–water partition coefficient (Wildman–Crippen LogP) is 4.23. The van der Waals surface area contributed by atoms with Crippen LogP contribution in [0.5, 0.6) is 11.5 Å². The average molecular weight is 260 g/mol. The van der Waals surface area contributed by atoms with Crippen molar-refractivity contribution in [3.63, 3.8) is 0 Å². The molecule has 3 heteroatoms. The van der Waals surface area contributed by atoms with Crippen molar-refractivity contribution >= 4 is 0 Å². The number of hydrogen-bond acceptors (Lipinski definition) is 2. The largest absolute Gasteiger partial charge is 0.454 e. The van der Waals surface area contributed by atoms with Crippen LogP contribution in [0.15, 0.2) is 42.5 Å². The van der Waals surface area contributed by atoms with Gasteiger partial charge in [0.1, 0.15) is 5.75 Å². The molecule has 0 unspecified atom stereocenters. The molecule has 0 bridgehead atoms. The number of aliphatic hydroxyl groups excluding tert-OH is 1. The Kier molecular flexibility index (Phi) is 4.17. The highest BCUT2D eigenvalue weighted by Crippen LogP contribution is 2.26. The van der Waals surface area contributed by atoms with Crippen LogP contribution in [0.2, 0.25) is 0 Å². The molecule has 0 atom stereocenters. The molecule has 2 nitrogen and oxygen atoms in total. The molecule has 0 spiro atoms. The van der Waals surface area contributed by atoms with Crippen molar-refractivity contribution in [1.82, 2.24) is 0 Å². The molecule has 100 valence electrons. The zero-order valence-corrected chi connectivity index (χ0v) is 11.1. The third kappa shape index (κ3) is 3.32. The van der Waals surface area contributed by atoms with E-state index in [1.807, 2.05) is 24.3 Å². The monoisotopic (exact) mass is 260 g/mol. The fourth-order valence-corrected chi connectivity index (χ4v) is 1.77. The summed E-state index contributed by atoms with van der Waals surface area (Å²) in [5, 5.41) is 8.92. The van der Waals surface area contributed by atoms with Crippen molar-refractivity contribution in [2.24, 2.45) is 0 Å². The number of ether oxygens (including phenoxy) is 1. The number of halogens is 1. The van der Waals surface area contributed by atoms with Gasteiger partial charge in [-0.05, 0) is 41.3 Å². The van der Waals surface area contributed by atoms with Gasteiger partial charge in [-0.2, -0.15) is 0 Å². The predicted molar refractivity (Wildman–Crippen MR) is 72.9 cm³/mol. The molecule has 0 heterocycles. The van der Waals surface area contributed by atoms with Crippen LogP contribution in [0.25, 0.3) is 0 Å². The fraction of sp³-hybridized carbons (Fsp3) is 0.250. The Bertz CT molecular complexity index is 547. The molecule has 2 aromatic rings. The van der Waals surface area contributed by atoms with E-state index in [9.17, 15) is 4.39 Å². The third-order valence-corrected chi connectivity index (χ3v) is 2.95. The second kappa shape index (κ2) is 5.85. The Hall–Kier alpha value is -1.87. The summed E-state index contributed by atoms with van der Waals surface area (Å²) >= 11 is 0. The van der Waals surface area contributed by atoms with Gasteiger partial charge in [0.15, 0.2) is 11.6 Å². The van der Waals surface area contributed by atoms with Crippen LogP contribution < -0.4 is 4.74 Å². The van der Waals surface area contributed by atoms with E-state index in [0.717, 1.165) is 0 Å². The molecule has 19 heavy (non-hydrogen) atoms. The molecular weight excluding hydrogens is 243 g/mol. The van der Waals surface area contributed by atoms with Gasteiger partial charge in [0.25, 0.3) is 0 Å². The molecule has 0 aliphatic heterocycles. The van der Waals surface area contributed by atoms with Gasteiger partial charge >= 0.3 is 0 Å². The van der Waals surface area contributed by atoms with E-state index in [1.54, 1.807) is 6.07 Å². The van der Waals surface area contributed by atoms with Crippen LogP contribution in [-0.2, 0) is 6.61 Å². The van der Waals surface area contributed by atoms with E-state index in [1.165, 1.54) is 17.7 Å². The zero-order valence-electron chi connectivity index (χ0n) is 11.1. The van der Waals surface area contributed by atoms with Crippen LogP contribution in [0.3, 0.4) is 0 Å². The molecule has 0 saturated heterocycles. The number of rotatable bonds is 4. The van der Waals surface area contributed by atoms with E-state index in [2.05, 4.69) is 13.8 Å². The number of benzene rings is 2. The fourth-order valence-electron chi connectivity index (χ4n) is 1.77. The molecular formula is C16H17FO2. The Morgan fingerprint density at radius 2 is 1.79 bits per heavy atom. The Morgan fingerprint density at radius 1 is 1.11 bits per heavy atom. The topological polar surface area (TPSA) is 29.5 Å². The maximum absolute atomic E-state index is 13.7. The minimum Gasteiger partial charge on any atom is -0.454 e. The molecule has 0 radical (unpaired) electrons. The molecule has 2 aromatic carbocycles. The number of hydrogen-bond donors (Lipinski definition) is 1. The lowest BCUT2D eigenvalue weighted by Crippen LogP contribution is -1.92. The van der Waals surface area contributed by atoms with Gasteiger partial charge in [0.05, 0.1) is 6.61 Å². The van der Waals surface area contributed by atoms with Crippen LogP contribution in [-0.4, -0.2) is 5.11 Å². The van der Waals surface area contributed by atoms with Crippen LogP contribution in [0, 0.1) is 5.82 Å². The molecule has 2 rings (SSSR count). The van der Waals surface area contributed by atoms with E-state index < -0.39 is 5.82 Å². The summed E-state index contributed by atoms with van der Waals surface area (Å²) in [4.78, 5) is 0. The summed E-state index contributed by atoms with van der Waals surface area (Å²) in [5.41, 5.74) is 1.74. The normalized spacial score (nSPS) is 10.8. The van der Waals surface area contributed by atoms with E-state index in [4.69, 9.17) is 9.84 Å². The summed E-state index contributed by atoms with van der Waals surface area (Å²) in [6.07, 6.45) is 0. The van der Waals surface area contributed by atoms with Crippen molar-refractivity contribution in [2.75, 3.05) is 0 Å². The summed E-state index contributed by atoms with van der Waals surface area (Å²) in [6, 6.07) is 12.0. The highest BCUT2D eigenvalue weighted by molar-refractivity contribution is 5.36. The van der Waals surface area contributed by atoms with Gasteiger partial charge in [-0.3, -0.25) is 0 Å². The highest BCUT2D eigenvalue weighted by atomic mass is 19.1. The van der Waals surface area contributed by atoms with E-state index >= 15 is 0 Å². The molecule has 0 saturated carbocycles. The second-order valence-electron chi connectivity index (χ2n) is 4.75. The minimum absolute atomic E-state index is 0.162. The highest BCUT2D eigenvalue weighted by Gasteiger charge is 2.06. The lowest BCUT2D eigenvalue weighted by atomic mass is 10.0. The molecule has 0 aromatic heterocycles. The Morgan fingerprint density at radius 3 is 2.32 bits per heavy atom. The lowest BCUT2D eigenvalue weighted by Gasteiger charge is -2.09. The maximum Gasteiger partial charge on any atom is 0.166 e. The van der Waals surface area contributed by atoms with Crippen molar-refractivity contribution in [3.8, 4) is 11.5 Å². The molecule has 0 fully saturated rings. The molecule has 0 amide bonds. The smallest absolute Gasteiger partial charge is 0.166 e. The third-order valence-electron chi connectivity index (χ3n) is 2.95. The standard InChI is InChI=1S/C16H17FO2/c1-11(2)13-4-6-14(7-5-13)19-16-8-3-12(10-18)9-15(16)17/h3-9,11,18H,10H2,1-2H3. The van der Waals surface area contributed by atoms with E-state index in [0.29, 0.717) is 17.2 Å². The summed E-state index contributed by atoms with van der Waals surface area (Å²) in [5.74, 6) is 0.739. The summed E-state index contributed by atoms with van der Waals surface area (Å²) in [7, 11) is 0. The van der Waals surface area contributed by atoms with Gasteiger partial charge in [-0.25, -0.2) is 4.39 Å². The maximum atomic E-state index is 13.7. The quantitative estimate of drug-likeness (QED) is 0.891. The first-order valence-electron chi connectivity index (χ1n) is 6.27. The van der Waals surface area contributed by atoms with Crippen molar-refractivity contribution in [3.05, 3.63) is 59.4 Å². The van der Waals surface area contributed by atoms with Gasteiger partial charge < -0.3 is 9.84 Å². The van der Waals surface area contributed by atoms with Crippen molar-refractivity contribution in [2.45, 2.75) is 26.4 Å². The Labute approximate surface area is 112 Å². The first-order chi connectivity index (χ1) is 9.10. The lowest BCUT2D eigenvalue weighted by molar-refractivity contribution is 0.281. The van der Waals surface area contributed by atoms with Crippen molar-refractivity contribution in [1.29, 1.82) is 0 Å². The Balaban J connectivity index is 2.16. The molecule has 0 aliphatic carbocycles. The van der Waals surface area contributed by atoms with Crippen LogP contribution in [0.4, 0.5) is 4.39 Å². The van der Waals surface area contributed by atoms with Crippen LogP contribution >= 0.6 is 0 Å². The summed E-state index contributed by atoms with van der Waals surface area (Å²) in [6.45, 7) is 4.05. The van der Waals surface area contributed by atoms with Crippen LogP contribution in [0.1, 0.15) is 30.9 Å². The van der Waals surface area contributed by atoms with E-state index in [-0.39, 0.29) is 12.4 Å².